The highest BCUT2D eigenvalue weighted by molar-refractivity contribution is 6.43. The van der Waals surface area contributed by atoms with Crippen LogP contribution in [-0.2, 0) is 14.4 Å². The van der Waals surface area contributed by atoms with Gasteiger partial charge in [0.05, 0.1) is 11.4 Å². The highest BCUT2D eigenvalue weighted by Crippen LogP contribution is 2.19. The Labute approximate surface area is 139 Å². The number of rotatable bonds is 3. The molecule has 0 unspecified atom stereocenters. The lowest BCUT2D eigenvalue weighted by Crippen LogP contribution is -2.29. The number of amides is 3. The Morgan fingerprint density at radius 3 is 2.12 bits per heavy atom. The van der Waals surface area contributed by atoms with Crippen molar-refractivity contribution in [3.63, 3.8) is 0 Å². The van der Waals surface area contributed by atoms with Crippen LogP contribution in [0.4, 0.5) is 22.7 Å². The van der Waals surface area contributed by atoms with Crippen molar-refractivity contribution in [2.45, 2.75) is 13.8 Å². The zero-order chi connectivity index (χ0) is 17.7. The van der Waals surface area contributed by atoms with E-state index in [2.05, 4.69) is 16.0 Å². The molecule has 0 aliphatic rings. The van der Waals surface area contributed by atoms with Crippen molar-refractivity contribution in [1.29, 1.82) is 0 Å². The standard InChI is InChI=1S/C17H18N4O3/c1-10-6-7-15(14(18)8-10)21-17(24)16(23)20-13-5-3-4-12(9-13)19-11(2)22/h3-9H,18H2,1-2H3,(H,19,22)(H,20,23)(H,21,24). The number of hydrogen-bond acceptors (Lipinski definition) is 4. The van der Waals surface area contributed by atoms with Crippen LogP contribution in [0.2, 0.25) is 0 Å². The minimum atomic E-state index is -0.838. The number of nitrogens with two attached hydrogens (primary N) is 1. The molecule has 2 rings (SSSR count). The highest BCUT2D eigenvalue weighted by Gasteiger charge is 2.15. The van der Waals surface area contributed by atoms with Gasteiger partial charge in [-0.3, -0.25) is 14.4 Å². The van der Waals surface area contributed by atoms with E-state index in [0.29, 0.717) is 22.7 Å². The lowest BCUT2D eigenvalue weighted by Gasteiger charge is -2.10. The minimum absolute atomic E-state index is 0.230. The summed E-state index contributed by atoms with van der Waals surface area (Å²) in [5.41, 5.74) is 8.40. The first kappa shape index (κ1) is 17.0. The molecule has 3 amide bonds. The van der Waals surface area contributed by atoms with E-state index in [9.17, 15) is 14.4 Å². The molecule has 2 aromatic carbocycles. The third kappa shape index (κ3) is 4.57. The summed E-state index contributed by atoms with van der Waals surface area (Å²) in [6.45, 7) is 3.25. The average Bonchev–Trinajstić information content (AvgIpc) is 2.49. The van der Waals surface area contributed by atoms with Gasteiger partial charge < -0.3 is 21.7 Å². The number of aryl methyl sites for hydroxylation is 1. The molecule has 0 saturated carbocycles. The van der Waals surface area contributed by atoms with Gasteiger partial charge in [0.15, 0.2) is 0 Å². The zero-order valence-corrected chi connectivity index (χ0v) is 13.3. The summed E-state index contributed by atoms with van der Waals surface area (Å²) in [5, 5.41) is 7.51. The summed E-state index contributed by atoms with van der Waals surface area (Å²) in [6, 6.07) is 11.6. The lowest BCUT2D eigenvalue weighted by atomic mass is 10.2. The maximum Gasteiger partial charge on any atom is 0.314 e. The fourth-order valence-electron chi connectivity index (χ4n) is 2.04. The van der Waals surface area contributed by atoms with Crippen LogP contribution in [0, 0.1) is 6.92 Å². The molecule has 0 atom stereocenters. The summed E-state index contributed by atoms with van der Waals surface area (Å²) < 4.78 is 0. The molecule has 7 heteroatoms. The maximum absolute atomic E-state index is 12.0. The number of carbonyl (C=O) groups is 3. The van der Waals surface area contributed by atoms with Crippen molar-refractivity contribution in [3.05, 3.63) is 48.0 Å². The fraction of sp³-hybridized carbons (Fsp3) is 0.118. The molecule has 0 heterocycles. The Hall–Kier alpha value is -3.35. The number of carbonyl (C=O) groups excluding carboxylic acids is 3. The Morgan fingerprint density at radius 2 is 1.50 bits per heavy atom. The molecule has 7 nitrogen and oxygen atoms in total. The van der Waals surface area contributed by atoms with Crippen molar-refractivity contribution in [2.75, 3.05) is 21.7 Å². The summed E-state index contributed by atoms with van der Waals surface area (Å²) >= 11 is 0. The first-order valence-corrected chi connectivity index (χ1v) is 7.21. The Bertz CT molecular complexity index is 802. The molecule has 5 N–H and O–H groups in total. The first-order valence-electron chi connectivity index (χ1n) is 7.21. The molecule has 0 saturated heterocycles. The molecule has 24 heavy (non-hydrogen) atoms. The van der Waals surface area contributed by atoms with Gasteiger partial charge in [-0.25, -0.2) is 0 Å². The second kappa shape index (κ2) is 7.28. The van der Waals surface area contributed by atoms with Gasteiger partial charge >= 0.3 is 11.8 Å². The summed E-state index contributed by atoms with van der Waals surface area (Å²) in [6.07, 6.45) is 0. The van der Waals surface area contributed by atoms with E-state index in [1.165, 1.54) is 6.92 Å². The van der Waals surface area contributed by atoms with E-state index in [0.717, 1.165) is 5.56 Å². The third-order valence-electron chi connectivity index (χ3n) is 3.10. The van der Waals surface area contributed by atoms with E-state index in [1.807, 2.05) is 6.92 Å². The largest absolute Gasteiger partial charge is 0.397 e. The predicted molar refractivity (Wildman–Crippen MR) is 93.6 cm³/mol. The molecule has 0 bridgehead atoms. The summed E-state index contributed by atoms with van der Waals surface area (Å²) in [7, 11) is 0. The first-order chi connectivity index (χ1) is 11.3. The molecule has 0 aromatic heterocycles. The number of nitrogen functional groups attached to an aromatic ring is 1. The van der Waals surface area contributed by atoms with Gasteiger partial charge in [-0.2, -0.15) is 0 Å². The number of nitrogens with one attached hydrogen (secondary N) is 3. The highest BCUT2D eigenvalue weighted by atomic mass is 16.2. The van der Waals surface area contributed by atoms with Crippen LogP contribution in [0.5, 0.6) is 0 Å². The molecule has 0 aliphatic heterocycles. The van der Waals surface area contributed by atoms with E-state index in [4.69, 9.17) is 5.73 Å². The quantitative estimate of drug-likeness (QED) is 0.511. The normalized spacial score (nSPS) is 9.92. The predicted octanol–water partition coefficient (Wildman–Crippen LogP) is 2.11. The summed E-state index contributed by atoms with van der Waals surface area (Å²) in [4.78, 5) is 35.0. The number of hydrogen-bond donors (Lipinski definition) is 4. The van der Waals surface area contributed by atoms with Crippen LogP contribution in [0.15, 0.2) is 42.5 Å². The molecule has 2 aromatic rings. The average molecular weight is 326 g/mol. The smallest absolute Gasteiger partial charge is 0.314 e. The van der Waals surface area contributed by atoms with Crippen LogP contribution in [0.3, 0.4) is 0 Å². The van der Waals surface area contributed by atoms with Gasteiger partial charge in [-0.1, -0.05) is 12.1 Å². The van der Waals surface area contributed by atoms with Crippen molar-refractivity contribution in [2.24, 2.45) is 0 Å². The molecule has 0 spiro atoms. The molecular formula is C17H18N4O3. The molecule has 0 aliphatic carbocycles. The van der Waals surface area contributed by atoms with Gasteiger partial charge in [0.1, 0.15) is 0 Å². The Balaban J connectivity index is 2.03. The zero-order valence-electron chi connectivity index (χ0n) is 13.3. The second-order valence-electron chi connectivity index (χ2n) is 5.26. The topological polar surface area (TPSA) is 113 Å². The van der Waals surface area contributed by atoms with Crippen molar-refractivity contribution >= 4 is 40.5 Å². The summed E-state index contributed by atoms with van der Waals surface area (Å²) in [5.74, 6) is -1.91. The van der Waals surface area contributed by atoms with Gasteiger partial charge in [0, 0.05) is 18.3 Å². The van der Waals surface area contributed by atoms with Crippen molar-refractivity contribution in [1.82, 2.24) is 0 Å². The SMILES string of the molecule is CC(=O)Nc1cccc(NC(=O)C(=O)Nc2ccc(C)cc2N)c1. The fourth-order valence-corrected chi connectivity index (χ4v) is 2.04. The van der Waals surface area contributed by atoms with Crippen LogP contribution in [0.1, 0.15) is 12.5 Å². The maximum atomic E-state index is 12.0. The van der Waals surface area contributed by atoms with E-state index in [-0.39, 0.29) is 5.91 Å². The van der Waals surface area contributed by atoms with Crippen molar-refractivity contribution in [3.8, 4) is 0 Å². The molecule has 0 radical (unpaired) electrons. The minimum Gasteiger partial charge on any atom is -0.397 e. The molecular weight excluding hydrogens is 308 g/mol. The van der Waals surface area contributed by atoms with Gasteiger partial charge in [-0.15, -0.1) is 0 Å². The Kier molecular flexibility index (Phi) is 5.16. The monoisotopic (exact) mass is 326 g/mol. The molecule has 0 fully saturated rings. The molecule has 124 valence electrons. The van der Waals surface area contributed by atoms with Gasteiger partial charge in [-0.05, 0) is 42.8 Å². The van der Waals surface area contributed by atoms with Crippen LogP contribution < -0.4 is 21.7 Å². The van der Waals surface area contributed by atoms with Gasteiger partial charge in [0.25, 0.3) is 0 Å². The second-order valence-corrected chi connectivity index (χ2v) is 5.26. The number of benzene rings is 2. The lowest BCUT2D eigenvalue weighted by molar-refractivity contribution is -0.132. The van der Waals surface area contributed by atoms with Crippen LogP contribution in [0.25, 0.3) is 0 Å². The van der Waals surface area contributed by atoms with E-state index >= 15 is 0 Å². The van der Waals surface area contributed by atoms with Crippen LogP contribution in [-0.4, -0.2) is 17.7 Å². The van der Waals surface area contributed by atoms with E-state index in [1.54, 1.807) is 42.5 Å². The Morgan fingerprint density at radius 1 is 0.875 bits per heavy atom. The third-order valence-corrected chi connectivity index (χ3v) is 3.10. The van der Waals surface area contributed by atoms with E-state index < -0.39 is 11.8 Å². The van der Waals surface area contributed by atoms with Gasteiger partial charge in [0.2, 0.25) is 5.91 Å². The number of anilines is 4. The van der Waals surface area contributed by atoms with Crippen LogP contribution >= 0.6 is 0 Å². The van der Waals surface area contributed by atoms with Crippen molar-refractivity contribution < 1.29 is 14.4 Å².